The van der Waals surface area contributed by atoms with Crippen molar-refractivity contribution in [3.63, 3.8) is 0 Å². The summed E-state index contributed by atoms with van der Waals surface area (Å²) in [7, 11) is 1.76. The minimum Gasteiger partial charge on any atom is -0.380 e. The molecule has 0 aromatic carbocycles. The number of nitrogen functional groups attached to an aromatic ring is 1. The van der Waals surface area contributed by atoms with Crippen LogP contribution in [0.15, 0.2) is 0 Å². The monoisotopic (exact) mass is 229 g/mol. The summed E-state index contributed by atoms with van der Waals surface area (Å²) in [5.74, 6) is 5.36. The number of hydrogen-bond donors (Lipinski definition) is 2. The second-order valence-corrected chi connectivity index (χ2v) is 4.33. The van der Waals surface area contributed by atoms with Crippen molar-refractivity contribution in [2.75, 3.05) is 25.6 Å². The first-order chi connectivity index (χ1) is 7.33. The van der Waals surface area contributed by atoms with Crippen molar-refractivity contribution in [3.8, 4) is 0 Å². The van der Waals surface area contributed by atoms with E-state index < -0.39 is 0 Å². The SMILES string of the molecule is COC1CCN(Cc2nnsc2NN)C1. The zero-order valence-electron chi connectivity index (χ0n) is 8.64. The molecule has 1 aromatic heterocycles. The molecule has 1 fully saturated rings. The number of hydrogen-bond acceptors (Lipinski definition) is 7. The lowest BCUT2D eigenvalue weighted by Gasteiger charge is -2.14. The molecule has 1 aromatic rings. The summed E-state index contributed by atoms with van der Waals surface area (Å²) >= 11 is 1.28. The van der Waals surface area contributed by atoms with Crippen molar-refractivity contribution in [2.24, 2.45) is 5.84 Å². The Morgan fingerprint density at radius 3 is 3.27 bits per heavy atom. The first kappa shape index (κ1) is 10.7. The van der Waals surface area contributed by atoms with Crippen LogP contribution in [0.5, 0.6) is 0 Å². The smallest absolute Gasteiger partial charge is 0.148 e. The summed E-state index contributed by atoms with van der Waals surface area (Å²) in [6.07, 6.45) is 1.44. The molecular formula is C8H15N5OS. The molecule has 1 unspecified atom stereocenters. The zero-order valence-corrected chi connectivity index (χ0v) is 9.46. The van der Waals surface area contributed by atoms with Gasteiger partial charge in [-0.15, -0.1) is 5.10 Å². The average molecular weight is 229 g/mol. The normalized spacial score (nSPS) is 22.1. The molecule has 0 saturated carbocycles. The third-order valence-electron chi connectivity index (χ3n) is 2.62. The van der Waals surface area contributed by atoms with Gasteiger partial charge in [-0.2, -0.15) is 0 Å². The molecule has 2 heterocycles. The number of nitrogens with two attached hydrogens (primary N) is 1. The van der Waals surface area contributed by atoms with Gasteiger partial charge in [-0.25, -0.2) is 5.84 Å². The highest BCUT2D eigenvalue weighted by atomic mass is 32.1. The maximum atomic E-state index is 5.36. The van der Waals surface area contributed by atoms with Gasteiger partial charge in [0.2, 0.25) is 0 Å². The van der Waals surface area contributed by atoms with E-state index in [1.54, 1.807) is 7.11 Å². The van der Waals surface area contributed by atoms with E-state index in [0.29, 0.717) is 6.10 Å². The van der Waals surface area contributed by atoms with Crippen molar-refractivity contribution in [1.82, 2.24) is 14.5 Å². The van der Waals surface area contributed by atoms with Gasteiger partial charge in [0.15, 0.2) is 0 Å². The molecule has 3 N–H and O–H groups in total. The third-order valence-corrected chi connectivity index (χ3v) is 3.32. The number of hydrazine groups is 1. The second kappa shape index (κ2) is 4.84. The molecule has 15 heavy (non-hydrogen) atoms. The lowest BCUT2D eigenvalue weighted by atomic mass is 10.3. The van der Waals surface area contributed by atoms with Gasteiger partial charge in [0, 0.05) is 38.3 Å². The molecule has 1 atom stereocenters. The van der Waals surface area contributed by atoms with Crippen LogP contribution in [0.25, 0.3) is 0 Å². The molecule has 84 valence electrons. The molecule has 0 aliphatic carbocycles. The Labute approximate surface area is 92.5 Å². The highest BCUT2D eigenvalue weighted by Gasteiger charge is 2.23. The molecule has 6 nitrogen and oxygen atoms in total. The third kappa shape index (κ3) is 2.43. The fourth-order valence-electron chi connectivity index (χ4n) is 1.77. The van der Waals surface area contributed by atoms with Crippen molar-refractivity contribution in [3.05, 3.63) is 5.69 Å². The topological polar surface area (TPSA) is 76.3 Å². The number of nitrogens with one attached hydrogen (secondary N) is 1. The summed E-state index contributed by atoms with van der Waals surface area (Å²) in [5, 5.41) is 4.89. The molecule has 0 bridgehead atoms. The van der Waals surface area contributed by atoms with Gasteiger partial charge < -0.3 is 10.2 Å². The van der Waals surface area contributed by atoms with Crippen LogP contribution in [0.2, 0.25) is 0 Å². The number of aromatic nitrogens is 2. The van der Waals surface area contributed by atoms with Crippen LogP contribution in [0, 0.1) is 0 Å². The number of likely N-dealkylation sites (tertiary alicyclic amines) is 1. The lowest BCUT2D eigenvalue weighted by Crippen LogP contribution is -2.23. The molecule has 0 amide bonds. The van der Waals surface area contributed by atoms with E-state index in [2.05, 4.69) is 19.9 Å². The Hall–Kier alpha value is -0.760. The van der Waals surface area contributed by atoms with E-state index in [9.17, 15) is 0 Å². The molecule has 0 radical (unpaired) electrons. The summed E-state index contributed by atoms with van der Waals surface area (Å²) in [6, 6.07) is 0. The maximum Gasteiger partial charge on any atom is 0.148 e. The van der Waals surface area contributed by atoms with Gasteiger partial charge in [-0.1, -0.05) is 4.49 Å². The second-order valence-electron chi connectivity index (χ2n) is 3.57. The fourth-order valence-corrected chi connectivity index (χ4v) is 2.25. The van der Waals surface area contributed by atoms with E-state index in [1.807, 2.05) is 0 Å². The minimum absolute atomic E-state index is 0.353. The Bertz CT molecular complexity index is 318. The Morgan fingerprint density at radius 2 is 2.60 bits per heavy atom. The van der Waals surface area contributed by atoms with Crippen molar-refractivity contribution >= 4 is 16.5 Å². The highest BCUT2D eigenvalue weighted by Crippen LogP contribution is 2.20. The van der Waals surface area contributed by atoms with Gasteiger partial charge in [-0.3, -0.25) is 4.90 Å². The molecule has 1 saturated heterocycles. The van der Waals surface area contributed by atoms with Crippen LogP contribution < -0.4 is 11.3 Å². The predicted octanol–water partition coefficient (Wildman–Crippen LogP) is 0.0444. The molecule has 7 heteroatoms. The molecule has 0 spiro atoms. The van der Waals surface area contributed by atoms with E-state index >= 15 is 0 Å². The highest BCUT2D eigenvalue weighted by molar-refractivity contribution is 7.10. The number of methoxy groups -OCH3 is 1. The Balaban J connectivity index is 1.92. The van der Waals surface area contributed by atoms with Gasteiger partial charge in [-0.05, 0) is 6.42 Å². The van der Waals surface area contributed by atoms with E-state index in [0.717, 1.165) is 36.8 Å². The summed E-state index contributed by atoms with van der Waals surface area (Å²) in [6.45, 7) is 2.79. The Kier molecular flexibility index (Phi) is 3.47. The summed E-state index contributed by atoms with van der Waals surface area (Å²) in [4.78, 5) is 2.30. The van der Waals surface area contributed by atoms with Crippen molar-refractivity contribution in [2.45, 2.75) is 19.1 Å². The standard InChI is InChI=1S/C8H15N5OS/c1-14-6-2-3-13(4-6)5-7-8(10-9)15-12-11-7/h6,10H,2-5,9H2,1H3. The van der Waals surface area contributed by atoms with E-state index in [4.69, 9.17) is 10.6 Å². The lowest BCUT2D eigenvalue weighted by molar-refractivity contribution is 0.107. The minimum atomic E-state index is 0.353. The fraction of sp³-hybridized carbons (Fsp3) is 0.750. The van der Waals surface area contributed by atoms with E-state index in [1.165, 1.54) is 11.5 Å². The number of ether oxygens (including phenoxy) is 1. The first-order valence-corrected chi connectivity index (χ1v) is 5.64. The quantitative estimate of drug-likeness (QED) is 0.561. The van der Waals surface area contributed by atoms with Gasteiger partial charge in [0.25, 0.3) is 0 Å². The summed E-state index contributed by atoms with van der Waals surface area (Å²) < 4.78 is 9.17. The van der Waals surface area contributed by atoms with Crippen molar-refractivity contribution < 1.29 is 4.74 Å². The van der Waals surface area contributed by atoms with Crippen LogP contribution in [0.1, 0.15) is 12.1 Å². The largest absolute Gasteiger partial charge is 0.380 e. The first-order valence-electron chi connectivity index (χ1n) is 4.86. The maximum absolute atomic E-state index is 5.36. The van der Waals surface area contributed by atoms with Crippen molar-refractivity contribution in [1.29, 1.82) is 0 Å². The van der Waals surface area contributed by atoms with E-state index in [-0.39, 0.29) is 0 Å². The van der Waals surface area contributed by atoms with Crippen LogP contribution in [0.3, 0.4) is 0 Å². The molecule has 1 aliphatic heterocycles. The van der Waals surface area contributed by atoms with Crippen LogP contribution >= 0.6 is 11.5 Å². The molecule has 2 rings (SSSR count). The summed E-state index contributed by atoms with van der Waals surface area (Å²) in [5.41, 5.74) is 3.53. The number of rotatable bonds is 4. The van der Waals surface area contributed by atoms with Gasteiger partial charge in [0.05, 0.1) is 6.10 Å². The number of anilines is 1. The van der Waals surface area contributed by atoms with Crippen LogP contribution in [-0.4, -0.2) is 40.8 Å². The van der Waals surface area contributed by atoms with Crippen LogP contribution in [0.4, 0.5) is 5.00 Å². The predicted molar refractivity (Wildman–Crippen MR) is 58.4 cm³/mol. The number of nitrogens with zero attached hydrogens (tertiary/aromatic N) is 3. The van der Waals surface area contributed by atoms with Gasteiger partial charge >= 0.3 is 0 Å². The van der Waals surface area contributed by atoms with Gasteiger partial charge in [0.1, 0.15) is 10.7 Å². The molecular weight excluding hydrogens is 214 g/mol. The Morgan fingerprint density at radius 1 is 1.73 bits per heavy atom. The van der Waals surface area contributed by atoms with Crippen LogP contribution in [-0.2, 0) is 11.3 Å². The molecule has 1 aliphatic rings. The zero-order chi connectivity index (χ0) is 10.7. The average Bonchev–Trinajstić information content (AvgIpc) is 2.87.